The van der Waals surface area contributed by atoms with Gasteiger partial charge in [0.15, 0.2) is 15.5 Å². The van der Waals surface area contributed by atoms with Crippen LogP contribution in [0.4, 0.5) is 5.13 Å². The van der Waals surface area contributed by atoms with Crippen molar-refractivity contribution in [2.75, 3.05) is 25.7 Å². The van der Waals surface area contributed by atoms with E-state index in [1.165, 1.54) is 11.3 Å². The van der Waals surface area contributed by atoms with E-state index in [2.05, 4.69) is 5.32 Å². The molecule has 42 heavy (non-hydrogen) atoms. The lowest BCUT2D eigenvalue weighted by Gasteiger charge is -2.23. The lowest BCUT2D eigenvalue weighted by Crippen LogP contribution is -2.43. The predicted octanol–water partition coefficient (Wildman–Crippen LogP) is 4.87. The molecule has 214 valence electrons. The van der Waals surface area contributed by atoms with Crippen LogP contribution in [0, 0.1) is 0 Å². The molecule has 1 aliphatic rings. The molecule has 1 atom stereocenters. The SMILES string of the molecule is COc1ccc(Cn2c(-c3ccccc3)nc3sc(N4CCCC4C(=O)NCc4ccccc4)nc3c2=O)c(OC)c1. The monoisotopic (exact) mass is 581 g/mol. The van der Waals surface area contributed by atoms with Crippen molar-refractivity contribution < 1.29 is 14.3 Å². The van der Waals surface area contributed by atoms with Crippen LogP contribution in [-0.4, -0.2) is 47.2 Å². The predicted molar refractivity (Wildman–Crippen MR) is 164 cm³/mol. The minimum absolute atomic E-state index is 0.0439. The molecule has 3 aromatic carbocycles. The zero-order valence-electron chi connectivity index (χ0n) is 23.4. The molecule has 2 aromatic heterocycles. The van der Waals surface area contributed by atoms with Gasteiger partial charge in [-0.1, -0.05) is 72.0 Å². The number of thiazole rings is 1. The van der Waals surface area contributed by atoms with Gasteiger partial charge in [-0.25, -0.2) is 9.97 Å². The number of ether oxygens (including phenoxy) is 2. The summed E-state index contributed by atoms with van der Waals surface area (Å²) in [6, 6.07) is 24.7. The van der Waals surface area contributed by atoms with E-state index in [1.807, 2.05) is 77.7 Å². The average molecular weight is 582 g/mol. The standard InChI is InChI=1S/C32H31N5O4S/c1-40-24-16-15-23(26(18-24)41-2)20-37-28(22-12-7-4-8-13-22)35-30-27(31(37)39)34-32(42-30)36-17-9-14-25(36)29(38)33-19-21-10-5-3-6-11-21/h3-8,10-13,15-16,18,25H,9,14,17,19-20H2,1-2H3,(H,33,38). The van der Waals surface area contributed by atoms with Crippen molar-refractivity contribution in [3.63, 3.8) is 0 Å². The molecule has 1 unspecified atom stereocenters. The summed E-state index contributed by atoms with van der Waals surface area (Å²) in [7, 11) is 3.19. The number of aromatic nitrogens is 3. The van der Waals surface area contributed by atoms with Crippen LogP contribution in [0.2, 0.25) is 0 Å². The van der Waals surface area contributed by atoms with Gasteiger partial charge in [0, 0.05) is 30.3 Å². The average Bonchev–Trinajstić information content (AvgIpc) is 3.70. The minimum atomic E-state index is -0.353. The van der Waals surface area contributed by atoms with Crippen molar-refractivity contribution in [1.82, 2.24) is 19.9 Å². The van der Waals surface area contributed by atoms with E-state index in [0.717, 1.165) is 29.5 Å². The van der Waals surface area contributed by atoms with Crippen molar-refractivity contribution in [2.24, 2.45) is 0 Å². The highest BCUT2D eigenvalue weighted by Gasteiger charge is 2.33. The molecule has 0 bridgehead atoms. The Morgan fingerprint density at radius 2 is 1.76 bits per heavy atom. The molecule has 10 heteroatoms. The van der Waals surface area contributed by atoms with Gasteiger partial charge in [0.2, 0.25) is 5.91 Å². The third-order valence-corrected chi connectivity index (χ3v) is 8.46. The molecule has 5 aromatic rings. The number of methoxy groups -OCH3 is 2. The Hall–Kier alpha value is -4.70. The molecule has 1 N–H and O–H groups in total. The summed E-state index contributed by atoms with van der Waals surface area (Å²) in [4.78, 5) is 39.5. The maximum absolute atomic E-state index is 14.1. The number of hydrogen-bond donors (Lipinski definition) is 1. The summed E-state index contributed by atoms with van der Waals surface area (Å²) in [5.41, 5.74) is 2.71. The summed E-state index contributed by atoms with van der Waals surface area (Å²) in [6.45, 7) is 1.39. The molecular formula is C32H31N5O4S. The molecule has 6 rings (SSSR count). The molecule has 0 saturated carbocycles. The first kappa shape index (κ1) is 27.5. The van der Waals surface area contributed by atoms with E-state index in [9.17, 15) is 9.59 Å². The molecule has 1 saturated heterocycles. The van der Waals surface area contributed by atoms with Crippen LogP contribution in [-0.2, 0) is 17.9 Å². The molecule has 0 aliphatic carbocycles. The highest BCUT2D eigenvalue weighted by Crippen LogP contribution is 2.33. The Kier molecular flexibility index (Phi) is 7.87. The van der Waals surface area contributed by atoms with Crippen molar-refractivity contribution in [1.29, 1.82) is 0 Å². The van der Waals surface area contributed by atoms with Gasteiger partial charge in [-0.05, 0) is 30.5 Å². The number of rotatable bonds is 9. The van der Waals surface area contributed by atoms with Gasteiger partial charge in [0.1, 0.15) is 23.4 Å². The largest absolute Gasteiger partial charge is 0.497 e. The normalized spacial score (nSPS) is 14.7. The second-order valence-electron chi connectivity index (χ2n) is 10.1. The molecule has 0 spiro atoms. The molecule has 0 radical (unpaired) electrons. The van der Waals surface area contributed by atoms with Gasteiger partial charge in [-0.2, -0.15) is 0 Å². The van der Waals surface area contributed by atoms with Crippen molar-refractivity contribution in [3.05, 3.63) is 100 Å². The number of nitrogens with zero attached hydrogens (tertiary/aromatic N) is 4. The highest BCUT2D eigenvalue weighted by atomic mass is 32.1. The lowest BCUT2D eigenvalue weighted by molar-refractivity contribution is -0.122. The summed E-state index contributed by atoms with van der Waals surface area (Å²) >= 11 is 1.35. The molecule has 1 aliphatic heterocycles. The number of amides is 1. The molecule has 3 heterocycles. The third kappa shape index (κ3) is 5.45. The maximum atomic E-state index is 14.1. The Labute approximate surface area is 247 Å². The van der Waals surface area contributed by atoms with E-state index < -0.39 is 0 Å². The summed E-state index contributed by atoms with van der Waals surface area (Å²) < 4.78 is 12.6. The summed E-state index contributed by atoms with van der Waals surface area (Å²) in [5.74, 6) is 1.77. The number of carbonyl (C=O) groups excluding carboxylic acids is 1. The van der Waals surface area contributed by atoms with E-state index in [1.54, 1.807) is 24.9 Å². The van der Waals surface area contributed by atoms with Gasteiger partial charge in [0.25, 0.3) is 5.56 Å². The Morgan fingerprint density at radius 1 is 1.00 bits per heavy atom. The van der Waals surface area contributed by atoms with E-state index >= 15 is 0 Å². The van der Waals surface area contributed by atoms with Crippen LogP contribution >= 0.6 is 11.3 Å². The first-order valence-electron chi connectivity index (χ1n) is 13.8. The van der Waals surface area contributed by atoms with Crippen LogP contribution in [0.5, 0.6) is 11.5 Å². The van der Waals surface area contributed by atoms with E-state index in [0.29, 0.717) is 40.4 Å². The summed E-state index contributed by atoms with van der Waals surface area (Å²) in [6.07, 6.45) is 1.59. The first-order valence-corrected chi connectivity index (χ1v) is 14.6. The van der Waals surface area contributed by atoms with Crippen LogP contribution in [0.1, 0.15) is 24.0 Å². The quantitative estimate of drug-likeness (QED) is 0.265. The Morgan fingerprint density at radius 3 is 2.50 bits per heavy atom. The summed E-state index contributed by atoms with van der Waals surface area (Å²) in [5, 5.41) is 3.70. The zero-order chi connectivity index (χ0) is 29.1. The van der Waals surface area contributed by atoms with Crippen LogP contribution in [0.25, 0.3) is 21.7 Å². The fraction of sp³-hybridized carbons (Fsp3) is 0.250. The van der Waals surface area contributed by atoms with Gasteiger partial charge in [-0.3, -0.25) is 14.2 Å². The maximum Gasteiger partial charge on any atom is 0.281 e. The van der Waals surface area contributed by atoms with Gasteiger partial charge < -0.3 is 19.7 Å². The van der Waals surface area contributed by atoms with E-state index in [-0.39, 0.29) is 29.6 Å². The topological polar surface area (TPSA) is 98.6 Å². The van der Waals surface area contributed by atoms with Gasteiger partial charge in [0.05, 0.1) is 20.8 Å². The molecule has 1 fully saturated rings. The number of anilines is 1. The molecular weight excluding hydrogens is 550 g/mol. The zero-order valence-corrected chi connectivity index (χ0v) is 24.3. The number of nitrogens with one attached hydrogen (secondary N) is 1. The molecule has 1 amide bonds. The van der Waals surface area contributed by atoms with Gasteiger partial charge >= 0.3 is 0 Å². The van der Waals surface area contributed by atoms with Crippen LogP contribution in [0.15, 0.2) is 83.7 Å². The highest BCUT2D eigenvalue weighted by molar-refractivity contribution is 7.21. The van der Waals surface area contributed by atoms with E-state index in [4.69, 9.17) is 19.4 Å². The lowest BCUT2D eigenvalue weighted by atomic mass is 10.1. The van der Waals surface area contributed by atoms with Crippen LogP contribution < -0.4 is 25.2 Å². The molecule has 9 nitrogen and oxygen atoms in total. The van der Waals surface area contributed by atoms with Gasteiger partial charge in [-0.15, -0.1) is 0 Å². The third-order valence-electron chi connectivity index (χ3n) is 7.47. The number of carbonyl (C=O) groups is 1. The van der Waals surface area contributed by atoms with Crippen molar-refractivity contribution >= 4 is 32.7 Å². The van der Waals surface area contributed by atoms with Crippen molar-refractivity contribution in [3.8, 4) is 22.9 Å². The van der Waals surface area contributed by atoms with Crippen molar-refractivity contribution in [2.45, 2.75) is 32.0 Å². The fourth-order valence-electron chi connectivity index (χ4n) is 5.30. The number of benzene rings is 3. The minimum Gasteiger partial charge on any atom is -0.497 e. The first-order chi connectivity index (χ1) is 20.6. The Bertz CT molecular complexity index is 1770. The second-order valence-corrected chi connectivity index (χ2v) is 11.0. The smallest absolute Gasteiger partial charge is 0.281 e. The Balaban J connectivity index is 1.36. The fourth-order valence-corrected chi connectivity index (χ4v) is 6.31. The number of hydrogen-bond acceptors (Lipinski definition) is 8. The second kappa shape index (κ2) is 12.0. The number of fused-ring (bicyclic) bond motifs is 1. The van der Waals surface area contributed by atoms with Crippen LogP contribution in [0.3, 0.4) is 0 Å².